The number of hydrogen-bond acceptors (Lipinski definition) is 4. The lowest BCUT2D eigenvalue weighted by Gasteiger charge is -2.53. The summed E-state index contributed by atoms with van der Waals surface area (Å²) in [7, 11) is 0. The summed E-state index contributed by atoms with van der Waals surface area (Å²) in [6.07, 6.45) is 11.1. The van der Waals surface area contributed by atoms with Crippen LogP contribution in [0.1, 0.15) is 95.9 Å². The summed E-state index contributed by atoms with van der Waals surface area (Å²) in [5, 5.41) is 17.5. The Bertz CT molecular complexity index is 1430. The van der Waals surface area contributed by atoms with Crippen molar-refractivity contribution < 1.29 is 4.79 Å². The van der Waals surface area contributed by atoms with Crippen molar-refractivity contribution in [2.75, 3.05) is 19.6 Å². The highest BCUT2D eigenvalue weighted by atomic mass is 16.1. The number of carbonyl (C=O) groups is 1. The third kappa shape index (κ3) is 4.84. The van der Waals surface area contributed by atoms with Gasteiger partial charge in [0.2, 0.25) is 0 Å². The first-order valence-electron chi connectivity index (χ1n) is 15.4. The third-order valence-corrected chi connectivity index (χ3v) is 10.3. The Balaban J connectivity index is 1.16. The van der Waals surface area contributed by atoms with Gasteiger partial charge >= 0.3 is 0 Å². The number of piperidine rings is 2. The fourth-order valence-electron chi connectivity index (χ4n) is 7.88. The van der Waals surface area contributed by atoms with Crippen LogP contribution in [0.15, 0.2) is 42.6 Å². The quantitative estimate of drug-likeness (QED) is 0.357. The molecule has 2 atom stereocenters. The summed E-state index contributed by atoms with van der Waals surface area (Å²) < 4.78 is 0. The molecule has 2 saturated carbocycles. The highest BCUT2D eigenvalue weighted by molar-refractivity contribution is 5.94. The van der Waals surface area contributed by atoms with Crippen LogP contribution in [0, 0.1) is 29.6 Å². The van der Waals surface area contributed by atoms with E-state index in [9.17, 15) is 10.1 Å². The van der Waals surface area contributed by atoms with E-state index in [1.54, 1.807) is 5.56 Å². The molecule has 208 valence electrons. The van der Waals surface area contributed by atoms with Gasteiger partial charge < -0.3 is 15.6 Å². The Labute approximate surface area is 237 Å². The van der Waals surface area contributed by atoms with Crippen molar-refractivity contribution >= 4 is 16.8 Å². The molecular weight excluding hydrogens is 494 g/mol. The number of amides is 1. The lowest BCUT2D eigenvalue weighted by atomic mass is 9.56. The largest absolute Gasteiger partial charge is 0.361 e. The molecule has 2 saturated heterocycles. The SMILES string of the molecule is Cc1cc(C2CC2)c(CN2CCC3(CC(C#N)C3)C[C@H]2c2ccc(C(=O)N[C@@H]3CCCNC3)cc2)c2cc[nH]c12. The number of likely N-dealkylation sites (tertiary alicyclic amines) is 1. The highest BCUT2D eigenvalue weighted by Crippen LogP contribution is 2.57. The minimum absolute atomic E-state index is 0.0247. The van der Waals surface area contributed by atoms with Gasteiger partial charge in [-0.05, 0) is 123 Å². The fraction of sp³-hybridized carbons (Fsp3) is 0.529. The molecule has 3 N–H and O–H groups in total. The van der Waals surface area contributed by atoms with Gasteiger partial charge in [-0.2, -0.15) is 5.26 Å². The van der Waals surface area contributed by atoms with Crippen LogP contribution in [-0.2, 0) is 6.54 Å². The van der Waals surface area contributed by atoms with Gasteiger partial charge in [0.15, 0.2) is 0 Å². The minimum Gasteiger partial charge on any atom is -0.361 e. The first kappa shape index (κ1) is 25.8. The van der Waals surface area contributed by atoms with E-state index in [0.717, 1.165) is 63.8 Å². The molecule has 3 aromatic rings. The monoisotopic (exact) mass is 535 g/mol. The fourth-order valence-corrected chi connectivity index (χ4v) is 7.88. The summed E-state index contributed by atoms with van der Waals surface area (Å²) in [5.74, 6) is 0.935. The second-order valence-electron chi connectivity index (χ2n) is 13.1. The van der Waals surface area contributed by atoms with Gasteiger partial charge in [-0.1, -0.05) is 18.2 Å². The number of nitriles is 1. The standard InChI is InChI=1S/C34H41N5O/c1-22-15-29(24-4-5-24)30(28-10-13-37-32(22)28)21-39-14-11-34(16-23(17-34)19-35)18-31(39)25-6-8-26(9-7-25)33(40)38-27-3-2-12-36-20-27/h6-10,13,15,23-24,27,31,36-37H,2-5,11-12,14,16-18,20-21H2,1H3,(H,38,40)/t23?,27-,31+,34?/m1/s1. The summed E-state index contributed by atoms with van der Waals surface area (Å²) in [5.41, 5.74) is 7.95. The van der Waals surface area contributed by atoms with Crippen molar-refractivity contribution in [3.05, 3.63) is 70.4 Å². The van der Waals surface area contributed by atoms with Crippen molar-refractivity contribution in [3.63, 3.8) is 0 Å². The maximum absolute atomic E-state index is 13.0. The number of fused-ring (bicyclic) bond motifs is 1. The number of rotatable bonds is 6. The van der Waals surface area contributed by atoms with Crippen LogP contribution in [0.5, 0.6) is 0 Å². The molecule has 1 spiro atoms. The number of nitrogens with one attached hydrogen (secondary N) is 3. The van der Waals surface area contributed by atoms with E-state index in [4.69, 9.17) is 0 Å². The molecule has 6 heteroatoms. The topological polar surface area (TPSA) is 83.9 Å². The number of hydrogen-bond donors (Lipinski definition) is 3. The lowest BCUT2D eigenvalue weighted by molar-refractivity contribution is -0.0297. The molecule has 2 aromatic carbocycles. The number of aryl methyl sites for hydroxylation is 1. The first-order chi connectivity index (χ1) is 19.5. The van der Waals surface area contributed by atoms with Crippen LogP contribution < -0.4 is 10.6 Å². The smallest absolute Gasteiger partial charge is 0.251 e. The normalized spacial score (nSPS) is 28.8. The van der Waals surface area contributed by atoms with Gasteiger partial charge in [-0.3, -0.25) is 9.69 Å². The Hall–Kier alpha value is -3.14. The molecule has 1 amide bonds. The Morgan fingerprint density at radius 3 is 2.70 bits per heavy atom. The van der Waals surface area contributed by atoms with Crippen molar-refractivity contribution in [3.8, 4) is 6.07 Å². The van der Waals surface area contributed by atoms with Gasteiger partial charge in [0.1, 0.15) is 0 Å². The van der Waals surface area contributed by atoms with Crippen molar-refractivity contribution in [1.82, 2.24) is 20.5 Å². The second kappa shape index (κ2) is 10.4. The Morgan fingerprint density at radius 1 is 1.15 bits per heavy atom. The van der Waals surface area contributed by atoms with Gasteiger partial charge in [0.25, 0.3) is 5.91 Å². The third-order valence-electron chi connectivity index (χ3n) is 10.3. The van der Waals surface area contributed by atoms with Crippen LogP contribution in [0.2, 0.25) is 0 Å². The summed E-state index contributed by atoms with van der Waals surface area (Å²) in [4.78, 5) is 19.2. The molecule has 3 heterocycles. The first-order valence-corrected chi connectivity index (χ1v) is 15.4. The highest BCUT2D eigenvalue weighted by Gasteiger charge is 2.49. The van der Waals surface area contributed by atoms with E-state index < -0.39 is 0 Å². The van der Waals surface area contributed by atoms with Gasteiger partial charge in [-0.25, -0.2) is 0 Å². The molecule has 4 fully saturated rings. The average Bonchev–Trinajstić information content (AvgIpc) is 3.69. The molecule has 0 unspecified atom stereocenters. The van der Waals surface area contributed by atoms with Crippen LogP contribution in [0.25, 0.3) is 10.9 Å². The van der Waals surface area contributed by atoms with Crippen LogP contribution in [0.4, 0.5) is 0 Å². The maximum Gasteiger partial charge on any atom is 0.251 e. The van der Waals surface area contributed by atoms with Gasteiger partial charge in [0, 0.05) is 53.8 Å². The van der Waals surface area contributed by atoms with E-state index in [-0.39, 0.29) is 29.3 Å². The molecule has 0 radical (unpaired) electrons. The Morgan fingerprint density at radius 2 is 1.98 bits per heavy atom. The number of H-pyrrole nitrogens is 1. The number of nitrogens with zero attached hydrogens (tertiary/aromatic N) is 2. The number of carbonyl (C=O) groups excluding carboxylic acids is 1. The zero-order chi connectivity index (χ0) is 27.3. The summed E-state index contributed by atoms with van der Waals surface area (Å²) in [6, 6.07) is 16.1. The van der Waals surface area contributed by atoms with E-state index in [1.165, 1.54) is 46.9 Å². The number of aromatic amines is 1. The van der Waals surface area contributed by atoms with Crippen LogP contribution in [-0.4, -0.2) is 41.5 Å². The van der Waals surface area contributed by atoms with E-state index in [2.05, 4.69) is 64.0 Å². The Kier molecular flexibility index (Phi) is 6.68. The summed E-state index contributed by atoms with van der Waals surface area (Å²) in [6.45, 7) is 6.11. The molecule has 1 aromatic heterocycles. The van der Waals surface area contributed by atoms with E-state index in [0.29, 0.717) is 5.92 Å². The maximum atomic E-state index is 13.0. The van der Waals surface area contributed by atoms with Crippen LogP contribution >= 0.6 is 0 Å². The molecule has 7 rings (SSSR count). The minimum atomic E-state index is 0.0247. The molecule has 4 aliphatic rings. The zero-order valence-electron chi connectivity index (χ0n) is 23.6. The summed E-state index contributed by atoms with van der Waals surface area (Å²) >= 11 is 0. The zero-order valence-corrected chi connectivity index (χ0v) is 23.6. The molecule has 6 nitrogen and oxygen atoms in total. The lowest BCUT2D eigenvalue weighted by Crippen LogP contribution is -2.48. The molecular formula is C34H41N5O. The van der Waals surface area contributed by atoms with Gasteiger partial charge in [0.05, 0.1) is 6.07 Å². The van der Waals surface area contributed by atoms with Crippen molar-refractivity contribution in [2.24, 2.45) is 11.3 Å². The van der Waals surface area contributed by atoms with Crippen LogP contribution in [0.3, 0.4) is 0 Å². The predicted octanol–water partition coefficient (Wildman–Crippen LogP) is 6.09. The average molecular weight is 536 g/mol. The molecule has 0 bridgehead atoms. The van der Waals surface area contributed by atoms with Gasteiger partial charge in [-0.15, -0.1) is 0 Å². The predicted molar refractivity (Wildman–Crippen MR) is 158 cm³/mol. The van der Waals surface area contributed by atoms with Crippen molar-refractivity contribution in [2.45, 2.75) is 82.8 Å². The number of benzene rings is 2. The number of aromatic nitrogens is 1. The molecule has 40 heavy (non-hydrogen) atoms. The van der Waals surface area contributed by atoms with E-state index >= 15 is 0 Å². The molecule has 2 aliphatic carbocycles. The molecule has 2 aliphatic heterocycles. The van der Waals surface area contributed by atoms with Crippen molar-refractivity contribution in [1.29, 1.82) is 5.26 Å². The van der Waals surface area contributed by atoms with E-state index in [1.807, 2.05) is 12.1 Å². The second-order valence-corrected chi connectivity index (χ2v) is 13.1.